The van der Waals surface area contributed by atoms with Crippen LogP contribution in [0.3, 0.4) is 0 Å². The van der Waals surface area contributed by atoms with Crippen LogP contribution in [0, 0.1) is 46.3 Å². The second kappa shape index (κ2) is 13.2. The molecule has 4 rings (SSSR count). The third-order valence-corrected chi connectivity index (χ3v) is 12.0. The Bertz CT molecular complexity index is 725. The van der Waals surface area contributed by atoms with Gasteiger partial charge >= 0.3 is 0 Å². The lowest BCUT2D eigenvalue weighted by molar-refractivity contribution is -0.137. The van der Waals surface area contributed by atoms with Crippen LogP contribution in [0.4, 0.5) is 0 Å². The lowest BCUT2D eigenvalue weighted by Crippen LogP contribution is -2.54. The molecule has 214 valence electrons. The van der Waals surface area contributed by atoms with Crippen molar-refractivity contribution in [1.82, 2.24) is 5.32 Å². The second-order valence-electron chi connectivity index (χ2n) is 14.5. The van der Waals surface area contributed by atoms with E-state index in [1.807, 2.05) is 0 Å². The minimum atomic E-state index is 0.123. The van der Waals surface area contributed by atoms with Gasteiger partial charge in [-0.15, -0.1) is 0 Å². The Balaban J connectivity index is 1.24. The van der Waals surface area contributed by atoms with Crippen molar-refractivity contribution in [3.63, 3.8) is 0 Å². The molecule has 0 aromatic rings. The van der Waals surface area contributed by atoms with E-state index < -0.39 is 0 Å². The van der Waals surface area contributed by atoms with Crippen LogP contribution in [0.5, 0.6) is 0 Å². The van der Waals surface area contributed by atoms with Crippen LogP contribution in [0.25, 0.3) is 0 Å². The fraction of sp³-hybridized carbons (Fsp3) is 0.970. The molecule has 0 aliphatic heterocycles. The summed E-state index contributed by atoms with van der Waals surface area (Å²) in [6, 6.07) is 0. The maximum Gasteiger partial charge on any atom is 0.222 e. The zero-order valence-corrected chi connectivity index (χ0v) is 24.9. The van der Waals surface area contributed by atoms with Gasteiger partial charge in [0.15, 0.2) is 0 Å². The van der Waals surface area contributed by atoms with Gasteiger partial charge in [-0.05, 0) is 130 Å². The highest BCUT2D eigenvalue weighted by Crippen LogP contribution is 2.68. The Morgan fingerprint density at radius 2 is 1.73 bits per heavy atom. The summed E-state index contributed by atoms with van der Waals surface area (Å²) in [5.74, 6) is 5.67. The summed E-state index contributed by atoms with van der Waals surface area (Å²) < 4.78 is 6.29. The molecule has 0 bridgehead atoms. The topological polar surface area (TPSA) is 64.3 Å². The van der Waals surface area contributed by atoms with E-state index in [0.717, 1.165) is 54.9 Å². The van der Waals surface area contributed by atoms with Gasteiger partial charge in [0.2, 0.25) is 5.91 Å². The molecule has 8 atom stereocenters. The highest BCUT2D eigenvalue weighted by atomic mass is 16.5. The van der Waals surface area contributed by atoms with Crippen LogP contribution in [0.2, 0.25) is 0 Å². The molecule has 0 aromatic carbocycles. The number of hydrogen-bond donors (Lipinski definition) is 2. The molecule has 4 nitrogen and oxygen atoms in total. The highest BCUT2D eigenvalue weighted by molar-refractivity contribution is 5.75. The van der Waals surface area contributed by atoms with E-state index in [1.54, 1.807) is 0 Å². The minimum absolute atomic E-state index is 0.123. The number of nitrogens with two attached hydrogens (primary N) is 1. The van der Waals surface area contributed by atoms with Crippen LogP contribution in [-0.2, 0) is 9.53 Å². The number of hydrogen-bond acceptors (Lipinski definition) is 3. The van der Waals surface area contributed by atoms with Gasteiger partial charge in [0.05, 0.1) is 12.7 Å². The average Bonchev–Trinajstić information content (AvgIpc) is 3.20. The molecule has 1 amide bonds. The number of rotatable bonds is 13. The van der Waals surface area contributed by atoms with Crippen LogP contribution in [-0.4, -0.2) is 31.7 Å². The van der Waals surface area contributed by atoms with Crippen LogP contribution < -0.4 is 11.1 Å². The number of carbonyl (C=O) groups excluding carboxylic acids is 1. The van der Waals surface area contributed by atoms with Crippen LogP contribution in [0.1, 0.15) is 130 Å². The van der Waals surface area contributed by atoms with E-state index in [0.29, 0.717) is 36.5 Å². The molecule has 1 unspecified atom stereocenters. The summed E-state index contributed by atoms with van der Waals surface area (Å²) in [4.78, 5) is 12.1. The molecule has 0 spiro atoms. The maximum absolute atomic E-state index is 12.1. The summed E-state index contributed by atoms with van der Waals surface area (Å²) in [6.07, 6.45) is 21.1. The standard InChI is InChI=1S/C33H60N2O2/c1-24(2)9-5-6-10-25-12-14-29-28-13-11-26-23-27(37-22-17-31(36)35-21-8-7-20-34)15-18-33(26,4)30(28)16-19-32(25,29)3/h24-30H,5-23,34H2,1-4H3,(H,35,36)/t25-,26-,27-,28?,29-,30-,32+,33-/m0/s1. The molecule has 4 saturated carbocycles. The van der Waals surface area contributed by atoms with Crippen molar-refractivity contribution in [3.8, 4) is 0 Å². The number of nitrogens with one attached hydrogen (secondary N) is 1. The molecule has 4 heteroatoms. The summed E-state index contributed by atoms with van der Waals surface area (Å²) in [5, 5.41) is 3.01. The van der Waals surface area contributed by atoms with Crippen LogP contribution in [0.15, 0.2) is 0 Å². The highest BCUT2D eigenvalue weighted by Gasteiger charge is 2.59. The van der Waals surface area contributed by atoms with Crippen molar-refractivity contribution in [2.75, 3.05) is 19.7 Å². The maximum atomic E-state index is 12.1. The Labute approximate surface area is 229 Å². The largest absolute Gasteiger partial charge is 0.378 e. The summed E-state index contributed by atoms with van der Waals surface area (Å²) in [6.45, 7) is 12.1. The Kier molecular flexibility index (Phi) is 10.4. The minimum Gasteiger partial charge on any atom is -0.378 e. The monoisotopic (exact) mass is 516 g/mol. The zero-order valence-electron chi connectivity index (χ0n) is 24.9. The molecule has 0 saturated heterocycles. The smallest absolute Gasteiger partial charge is 0.222 e. The lowest BCUT2D eigenvalue weighted by Gasteiger charge is -2.61. The molecule has 0 heterocycles. The van der Waals surface area contributed by atoms with Crippen molar-refractivity contribution in [2.24, 2.45) is 52.1 Å². The van der Waals surface area contributed by atoms with E-state index in [4.69, 9.17) is 10.5 Å². The van der Waals surface area contributed by atoms with Crippen molar-refractivity contribution in [2.45, 2.75) is 137 Å². The van der Waals surface area contributed by atoms with Crippen LogP contribution >= 0.6 is 0 Å². The molecule has 4 aliphatic carbocycles. The molecule has 0 aromatic heterocycles. The first-order valence-corrected chi connectivity index (χ1v) is 16.4. The number of unbranched alkanes of at least 4 members (excludes halogenated alkanes) is 2. The average molecular weight is 517 g/mol. The Morgan fingerprint density at radius 1 is 0.946 bits per heavy atom. The predicted octanol–water partition coefficient (Wildman–Crippen LogP) is 7.49. The van der Waals surface area contributed by atoms with E-state index in [2.05, 4.69) is 33.0 Å². The van der Waals surface area contributed by atoms with Crippen molar-refractivity contribution in [3.05, 3.63) is 0 Å². The SMILES string of the molecule is CC(C)CCCC[C@H]1CC[C@H]2C3CC[C@H]4C[C@@H](OCCC(=O)NCCCCN)CC[C@]4(C)[C@H]3CC[C@]12C. The fourth-order valence-electron chi connectivity index (χ4n) is 9.80. The molecular weight excluding hydrogens is 456 g/mol. The van der Waals surface area contributed by atoms with Gasteiger partial charge in [-0.1, -0.05) is 47.0 Å². The van der Waals surface area contributed by atoms with Crippen molar-refractivity contribution >= 4 is 5.91 Å². The van der Waals surface area contributed by atoms with Gasteiger partial charge in [0, 0.05) is 13.0 Å². The van der Waals surface area contributed by atoms with Crippen molar-refractivity contribution in [1.29, 1.82) is 0 Å². The van der Waals surface area contributed by atoms with E-state index in [9.17, 15) is 4.79 Å². The number of ether oxygens (including phenoxy) is 1. The second-order valence-corrected chi connectivity index (χ2v) is 14.5. The molecule has 37 heavy (non-hydrogen) atoms. The summed E-state index contributed by atoms with van der Waals surface area (Å²) >= 11 is 0. The Morgan fingerprint density at radius 3 is 2.51 bits per heavy atom. The van der Waals surface area contributed by atoms with Gasteiger partial charge in [0.1, 0.15) is 0 Å². The number of fused-ring (bicyclic) bond motifs is 5. The third-order valence-electron chi connectivity index (χ3n) is 12.0. The quantitative estimate of drug-likeness (QED) is 0.249. The summed E-state index contributed by atoms with van der Waals surface area (Å²) in [5.41, 5.74) is 6.66. The zero-order chi connectivity index (χ0) is 26.5. The lowest BCUT2D eigenvalue weighted by atomic mass is 9.44. The predicted molar refractivity (Wildman–Crippen MR) is 154 cm³/mol. The first-order valence-electron chi connectivity index (χ1n) is 16.4. The molecule has 4 fully saturated rings. The van der Waals surface area contributed by atoms with Gasteiger partial charge in [0.25, 0.3) is 0 Å². The van der Waals surface area contributed by atoms with E-state index in [-0.39, 0.29) is 5.91 Å². The molecule has 4 aliphatic rings. The third kappa shape index (κ3) is 6.76. The first-order chi connectivity index (χ1) is 17.8. The van der Waals surface area contributed by atoms with E-state index in [1.165, 1.54) is 83.5 Å². The van der Waals surface area contributed by atoms with Gasteiger partial charge in [-0.3, -0.25) is 4.79 Å². The molecule has 3 N–H and O–H groups in total. The normalized spacial score (nSPS) is 39.2. The van der Waals surface area contributed by atoms with Gasteiger partial charge in [-0.2, -0.15) is 0 Å². The molecular formula is C33H60N2O2. The van der Waals surface area contributed by atoms with E-state index >= 15 is 0 Å². The fourth-order valence-corrected chi connectivity index (χ4v) is 9.80. The van der Waals surface area contributed by atoms with Crippen molar-refractivity contribution < 1.29 is 9.53 Å². The van der Waals surface area contributed by atoms with Gasteiger partial charge < -0.3 is 15.8 Å². The first kappa shape index (κ1) is 29.4. The Hall–Kier alpha value is -0.610. The summed E-state index contributed by atoms with van der Waals surface area (Å²) in [7, 11) is 0. The van der Waals surface area contributed by atoms with Gasteiger partial charge in [-0.25, -0.2) is 0 Å². The molecule has 0 radical (unpaired) electrons. The number of carbonyl (C=O) groups is 1. The number of amides is 1.